The summed E-state index contributed by atoms with van der Waals surface area (Å²) < 4.78 is 1.69. The first-order valence-electron chi connectivity index (χ1n) is 6.28. The highest BCUT2D eigenvalue weighted by molar-refractivity contribution is 5.66. The molecule has 0 radical (unpaired) electrons. The maximum Gasteiger partial charge on any atom is 0.200 e. The highest BCUT2D eigenvalue weighted by Gasteiger charge is 2.05. The Hall–Kier alpha value is -2.43. The fraction of sp³-hybridized carbons (Fsp3) is 0.214. The molecule has 2 heterocycles. The van der Waals surface area contributed by atoms with Crippen LogP contribution in [0.1, 0.15) is 11.3 Å². The average molecular weight is 253 g/mol. The van der Waals surface area contributed by atoms with Crippen LogP contribution in [0.25, 0.3) is 5.65 Å². The van der Waals surface area contributed by atoms with Crippen molar-refractivity contribution < 1.29 is 0 Å². The first-order valence-corrected chi connectivity index (χ1v) is 6.28. The van der Waals surface area contributed by atoms with Crippen molar-refractivity contribution >= 4 is 11.3 Å². The van der Waals surface area contributed by atoms with Crippen molar-refractivity contribution in [1.29, 1.82) is 0 Å². The maximum atomic E-state index is 4.31. The predicted molar refractivity (Wildman–Crippen MR) is 74.2 cm³/mol. The molecule has 0 saturated heterocycles. The Morgan fingerprint density at radius 1 is 1.21 bits per heavy atom. The summed E-state index contributed by atoms with van der Waals surface area (Å²) in [6.45, 7) is 2.82. The number of benzene rings is 1. The number of hydrogen-bond donors (Lipinski definition) is 1. The second-order valence-electron chi connectivity index (χ2n) is 4.46. The van der Waals surface area contributed by atoms with E-state index in [0.29, 0.717) is 0 Å². The predicted octanol–water partition coefficient (Wildman–Crippen LogP) is 2.09. The SMILES string of the molecule is Cc1cc(NCCc2ccccc2)c2nncn2n1. The molecule has 2 aromatic heterocycles. The zero-order chi connectivity index (χ0) is 13.1. The summed E-state index contributed by atoms with van der Waals surface area (Å²) in [5.41, 5.74) is 3.99. The Labute approximate surface area is 111 Å². The van der Waals surface area contributed by atoms with Crippen molar-refractivity contribution in [2.45, 2.75) is 13.3 Å². The van der Waals surface area contributed by atoms with Gasteiger partial charge in [0, 0.05) is 6.54 Å². The van der Waals surface area contributed by atoms with Crippen molar-refractivity contribution in [2.75, 3.05) is 11.9 Å². The van der Waals surface area contributed by atoms with Gasteiger partial charge in [-0.15, -0.1) is 10.2 Å². The maximum absolute atomic E-state index is 4.31. The Morgan fingerprint density at radius 3 is 2.89 bits per heavy atom. The third-order valence-corrected chi connectivity index (χ3v) is 2.96. The van der Waals surface area contributed by atoms with Crippen LogP contribution in [0.2, 0.25) is 0 Å². The van der Waals surface area contributed by atoms with E-state index in [1.54, 1.807) is 10.8 Å². The zero-order valence-electron chi connectivity index (χ0n) is 10.7. The summed E-state index contributed by atoms with van der Waals surface area (Å²) in [4.78, 5) is 0. The van der Waals surface area contributed by atoms with Crippen LogP contribution >= 0.6 is 0 Å². The lowest BCUT2D eigenvalue weighted by atomic mass is 10.1. The summed E-state index contributed by atoms with van der Waals surface area (Å²) in [5.74, 6) is 0. The van der Waals surface area contributed by atoms with Gasteiger partial charge in [0.25, 0.3) is 0 Å². The van der Waals surface area contributed by atoms with E-state index in [1.165, 1.54) is 5.56 Å². The fourth-order valence-electron chi connectivity index (χ4n) is 2.07. The van der Waals surface area contributed by atoms with Crippen LogP contribution in [0.15, 0.2) is 42.7 Å². The van der Waals surface area contributed by atoms with Gasteiger partial charge in [0.05, 0.1) is 11.4 Å². The molecule has 0 unspecified atom stereocenters. The highest BCUT2D eigenvalue weighted by atomic mass is 15.3. The molecule has 0 saturated carbocycles. The molecule has 19 heavy (non-hydrogen) atoms. The Morgan fingerprint density at radius 2 is 2.05 bits per heavy atom. The van der Waals surface area contributed by atoms with E-state index >= 15 is 0 Å². The van der Waals surface area contributed by atoms with Crippen LogP contribution < -0.4 is 5.32 Å². The van der Waals surface area contributed by atoms with Gasteiger partial charge >= 0.3 is 0 Å². The molecule has 0 fully saturated rings. The van der Waals surface area contributed by atoms with Gasteiger partial charge in [0.2, 0.25) is 5.65 Å². The second kappa shape index (κ2) is 5.06. The minimum absolute atomic E-state index is 0.763. The average Bonchev–Trinajstić information content (AvgIpc) is 2.88. The van der Waals surface area contributed by atoms with Crippen LogP contribution in [0, 0.1) is 6.92 Å². The van der Waals surface area contributed by atoms with Gasteiger partial charge in [0.15, 0.2) is 0 Å². The number of fused-ring (bicyclic) bond motifs is 1. The summed E-state index contributed by atoms with van der Waals surface area (Å²) in [6.07, 6.45) is 2.59. The standard InChI is InChI=1S/C14H15N5/c1-11-9-13(14-17-16-10-19(14)18-11)15-8-7-12-5-3-2-4-6-12/h2-6,9-10,15H,7-8H2,1H3. The number of hydrogen-bond acceptors (Lipinski definition) is 4. The Balaban J connectivity index is 1.73. The third-order valence-electron chi connectivity index (χ3n) is 2.96. The largest absolute Gasteiger partial charge is 0.382 e. The van der Waals surface area contributed by atoms with Crippen LogP contribution in [0.3, 0.4) is 0 Å². The molecular formula is C14H15N5. The molecule has 0 aliphatic carbocycles. The molecule has 96 valence electrons. The van der Waals surface area contributed by atoms with E-state index in [0.717, 1.165) is 30.0 Å². The third kappa shape index (κ3) is 2.54. The lowest BCUT2D eigenvalue weighted by Gasteiger charge is -2.08. The van der Waals surface area contributed by atoms with Crippen LogP contribution in [-0.4, -0.2) is 26.4 Å². The van der Waals surface area contributed by atoms with E-state index in [1.807, 2.05) is 19.1 Å². The number of anilines is 1. The number of nitrogens with one attached hydrogen (secondary N) is 1. The number of aryl methyl sites for hydroxylation is 1. The van der Waals surface area contributed by atoms with Crippen LogP contribution in [0.4, 0.5) is 5.69 Å². The van der Waals surface area contributed by atoms with Crippen LogP contribution in [0.5, 0.6) is 0 Å². The van der Waals surface area contributed by atoms with Gasteiger partial charge in [-0.25, -0.2) is 0 Å². The van der Waals surface area contributed by atoms with Crippen molar-refractivity contribution in [2.24, 2.45) is 0 Å². The molecule has 0 bridgehead atoms. The van der Waals surface area contributed by atoms with Gasteiger partial charge in [-0.2, -0.15) is 9.61 Å². The second-order valence-corrected chi connectivity index (χ2v) is 4.46. The van der Waals surface area contributed by atoms with E-state index in [4.69, 9.17) is 0 Å². The number of rotatable bonds is 4. The molecule has 1 aromatic carbocycles. The molecule has 0 spiro atoms. The molecule has 0 atom stereocenters. The van der Waals surface area contributed by atoms with E-state index in [-0.39, 0.29) is 0 Å². The smallest absolute Gasteiger partial charge is 0.200 e. The molecular weight excluding hydrogens is 238 g/mol. The molecule has 3 rings (SSSR count). The first kappa shape index (κ1) is 11.6. The lowest BCUT2D eigenvalue weighted by Crippen LogP contribution is -2.07. The molecule has 3 aromatic rings. The van der Waals surface area contributed by atoms with E-state index in [9.17, 15) is 0 Å². The van der Waals surface area contributed by atoms with E-state index < -0.39 is 0 Å². The molecule has 5 nitrogen and oxygen atoms in total. The molecule has 0 aliphatic heterocycles. The number of nitrogens with zero attached hydrogens (tertiary/aromatic N) is 4. The van der Waals surface area contributed by atoms with Crippen molar-refractivity contribution in [3.05, 3.63) is 54.0 Å². The number of aromatic nitrogens is 4. The van der Waals surface area contributed by atoms with Gasteiger partial charge in [-0.05, 0) is 25.0 Å². The molecule has 5 heteroatoms. The quantitative estimate of drug-likeness (QED) is 0.773. The molecule has 0 amide bonds. The minimum Gasteiger partial charge on any atom is -0.382 e. The van der Waals surface area contributed by atoms with Crippen molar-refractivity contribution in [3.8, 4) is 0 Å². The Bertz CT molecular complexity index is 675. The van der Waals surface area contributed by atoms with Gasteiger partial charge in [0.1, 0.15) is 6.33 Å². The molecule has 1 N–H and O–H groups in total. The fourth-order valence-corrected chi connectivity index (χ4v) is 2.07. The summed E-state index contributed by atoms with van der Waals surface area (Å²) in [6, 6.07) is 12.4. The zero-order valence-corrected chi connectivity index (χ0v) is 10.7. The summed E-state index contributed by atoms with van der Waals surface area (Å²) >= 11 is 0. The summed E-state index contributed by atoms with van der Waals surface area (Å²) in [7, 11) is 0. The van der Waals surface area contributed by atoms with Crippen LogP contribution in [-0.2, 0) is 6.42 Å². The molecule has 0 aliphatic rings. The van der Waals surface area contributed by atoms with Crippen molar-refractivity contribution in [1.82, 2.24) is 19.8 Å². The lowest BCUT2D eigenvalue weighted by molar-refractivity contribution is 0.891. The van der Waals surface area contributed by atoms with Gasteiger partial charge < -0.3 is 5.32 Å². The Kier molecular flexibility index (Phi) is 3.10. The highest BCUT2D eigenvalue weighted by Crippen LogP contribution is 2.14. The first-order chi connectivity index (χ1) is 9.33. The van der Waals surface area contributed by atoms with Gasteiger partial charge in [-0.3, -0.25) is 0 Å². The normalized spacial score (nSPS) is 10.8. The van der Waals surface area contributed by atoms with Crippen molar-refractivity contribution in [3.63, 3.8) is 0 Å². The van der Waals surface area contributed by atoms with Gasteiger partial charge in [-0.1, -0.05) is 30.3 Å². The summed E-state index contributed by atoms with van der Waals surface area (Å²) in [5, 5.41) is 15.7. The van der Waals surface area contributed by atoms with E-state index in [2.05, 4.69) is 44.9 Å². The minimum atomic E-state index is 0.763. The monoisotopic (exact) mass is 253 g/mol. The topological polar surface area (TPSA) is 55.1 Å².